The van der Waals surface area contributed by atoms with Crippen LogP contribution in [0.3, 0.4) is 0 Å². The van der Waals surface area contributed by atoms with Crippen LogP contribution in [-0.4, -0.2) is 23.4 Å². The van der Waals surface area contributed by atoms with Crippen LogP contribution in [0.1, 0.15) is 17.5 Å². The number of methoxy groups -OCH3 is 1. The number of aromatic nitrogens is 2. The van der Waals surface area contributed by atoms with Crippen LogP contribution in [0.25, 0.3) is 22.9 Å². The molecule has 0 amide bonds. The number of nitrogens with zero attached hydrogens (tertiary/aromatic N) is 2. The summed E-state index contributed by atoms with van der Waals surface area (Å²) >= 11 is 0. The minimum absolute atomic E-state index is 0.0726. The highest BCUT2D eigenvalue weighted by Gasteiger charge is 2.04. The first kappa shape index (κ1) is 16.9. The zero-order valence-electron chi connectivity index (χ0n) is 14.2. The van der Waals surface area contributed by atoms with Gasteiger partial charge in [0.2, 0.25) is 0 Å². The summed E-state index contributed by atoms with van der Waals surface area (Å²) in [5.74, 6) is 0.833. The zero-order chi connectivity index (χ0) is 17.6. The van der Waals surface area contributed by atoms with E-state index in [1.165, 1.54) is 4.68 Å². The third-order valence-electron chi connectivity index (χ3n) is 4.03. The Hall–Kier alpha value is -2.92. The second-order valence-corrected chi connectivity index (χ2v) is 5.77. The van der Waals surface area contributed by atoms with Gasteiger partial charge in [0.15, 0.2) is 0 Å². The topological polar surface area (TPSA) is 70.1 Å². The Morgan fingerprint density at radius 1 is 1.12 bits per heavy atom. The summed E-state index contributed by atoms with van der Waals surface area (Å²) in [7, 11) is 1.65. The van der Waals surface area contributed by atoms with Gasteiger partial charge in [-0.25, -0.2) is 4.68 Å². The summed E-state index contributed by atoms with van der Waals surface area (Å²) < 4.78 is 6.63. The van der Waals surface area contributed by atoms with E-state index < -0.39 is 0 Å². The summed E-state index contributed by atoms with van der Waals surface area (Å²) in [4.78, 5) is 12.4. The first-order valence-corrected chi connectivity index (χ1v) is 8.23. The normalized spacial score (nSPS) is 11.3. The standard InChI is InChI=1S/C20H21N3O2/c1-25-18-8-5-15(6-9-18)3-4-16-7-10-19-17(13-16)14-22-23(20(19)24)12-2-11-21/h3-10,13-14H,2,11-12,21H2,1H3. The van der Waals surface area contributed by atoms with Crippen molar-refractivity contribution in [2.45, 2.75) is 13.0 Å². The van der Waals surface area contributed by atoms with Gasteiger partial charge in [-0.3, -0.25) is 4.79 Å². The first-order valence-electron chi connectivity index (χ1n) is 8.23. The van der Waals surface area contributed by atoms with Gasteiger partial charge in [0, 0.05) is 11.9 Å². The van der Waals surface area contributed by atoms with E-state index in [9.17, 15) is 4.79 Å². The lowest BCUT2D eigenvalue weighted by Crippen LogP contribution is -2.23. The Balaban J connectivity index is 1.85. The fourth-order valence-corrected chi connectivity index (χ4v) is 2.62. The molecule has 1 aromatic heterocycles. The van der Waals surface area contributed by atoms with Gasteiger partial charge < -0.3 is 10.5 Å². The van der Waals surface area contributed by atoms with E-state index in [2.05, 4.69) is 5.10 Å². The number of nitrogens with two attached hydrogens (primary N) is 1. The lowest BCUT2D eigenvalue weighted by atomic mass is 10.1. The molecule has 5 heteroatoms. The van der Waals surface area contributed by atoms with Gasteiger partial charge >= 0.3 is 0 Å². The minimum Gasteiger partial charge on any atom is -0.497 e. The van der Waals surface area contributed by atoms with Crippen LogP contribution in [0.4, 0.5) is 0 Å². The highest BCUT2D eigenvalue weighted by molar-refractivity contribution is 5.84. The predicted octanol–water partition coefficient (Wildman–Crippen LogP) is 2.92. The summed E-state index contributed by atoms with van der Waals surface area (Å²) in [6.07, 6.45) is 6.51. The Morgan fingerprint density at radius 2 is 1.84 bits per heavy atom. The third kappa shape index (κ3) is 3.95. The van der Waals surface area contributed by atoms with Crippen LogP contribution in [0.15, 0.2) is 53.5 Å². The molecule has 0 aliphatic heterocycles. The molecule has 3 rings (SSSR count). The summed E-state index contributed by atoms with van der Waals surface area (Å²) in [5.41, 5.74) is 7.52. The molecule has 0 atom stereocenters. The molecule has 0 saturated carbocycles. The number of ether oxygens (including phenoxy) is 1. The third-order valence-corrected chi connectivity index (χ3v) is 4.03. The van der Waals surface area contributed by atoms with E-state index in [0.29, 0.717) is 18.5 Å². The van der Waals surface area contributed by atoms with Gasteiger partial charge in [-0.1, -0.05) is 30.4 Å². The Labute approximate surface area is 146 Å². The lowest BCUT2D eigenvalue weighted by Gasteiger charge is -2.05. The molecule has 0 unspecified atom stereocenters. The Bertz CT molecular complexity index is 943. The molecule has 0 spiro atoms. The van der Waals surface area contributed by atoms with Crippen LogP contribution >= 0.6 is 0 Å². The number of aryl methyl sites for hydroxylation is 1. The van der Waals surface area contributed by atoms with Crippen molar-refractivity contribution in [3.63, 3.8) is 0 Å². The van der Waals surface area contributed by atoms with E-state index in [-0.39, 0.29) is 5.56 Å². The molecule has 0 saturated heterocycles. The van der Waals surface area contributed by atoms with Crippen molar-refractivity contribution >= 4 is 22.9 Å². The van der Waals surface area contributed by atoms with Gasteiger partial charge in [0.05, 0.1) is 18.7 Å². The average molecular weight is 335 g/mol. The number of benzene rings is 2. The van der Waals surface area contributed by atoms with Crippen LogP contribution in [0, 0.1) is 0 Å². The van der Waals surface area contributed by atoms with E-state index in [1.807, 2.05) is 54.6 Å². The average Bonchev–Trinajstić information content (AvgIpc) is 2.66. The van der Waals surface area contributed by atoms with Crippen molar-refractivity contribution in [3.8, 4) is 5.75 Å². The summed E-state index contributed by atoms with van der Waals surface area (Å²) in [6.45, 7) is 1.09. The number of hydrogen-bond donors (Lipinski definition) is 1. The van der Waals surface area contributed by atoms with Crippen molar-refractivity contribution in [1.29, 1.82) is 0 Å². The number of rotatable bonds is 6. The van der Waals surface area contributed by atoms with Crippen LogP contribution in [0.5, 0.6) is 5.75 Å². The lowest BCUT2D eigenvalue weighted by molar-refractivity contribution is 0.415. The first-order chi connectivity index (χ1) is 12.2. The monoisotopic (exact) mass is 335 g/mol. The molecule has 2 N–H and O–H groups in total. The van der Waals surface area contributed by atoms with Gasteiger partial charge in [-0.15, -0.1) is 0 Å². The molecule has 0 fully saturated rings. The zero-order valence-corrected chi connectivity index (χ0v) is 14.2. The van der Waals surface area contributed by atoms with Gasteiger partial charge in [0.25, 0.3) is 5.56 Å². The van der Waals surface area contributed by atoms with Crippen LogP contribution in [-0.2, 0) is 6.54 Å². The maximum Gasteiger partial charge on any atom is 0.274 e. The maximum absolute atomic E-state index is 12.4. The molecular formula is C20H21N3O2. The van der Waals surface area contributed by atoms with E-state index in [0.717, 1.165) is 28.7 Å². The highest BCUT2D eigenvalue weighted by Crippen LogP contribution is 2.16. The number of fused-ring (bicyclic) bond motifs is 1. The van der Waals surface area contributed by atoms with Crippen molar-refractivity contribution < 1.29 is 4.74 Å². The Kier molecular flexibility index (Phi) is 5.26. The summed E-state index contributed by atoms with van der Waals surface area (Å²) in [6, 6.07) is 13.6. The highest BCUT2D eigenvalue weighted by atomic mass is 16.5. The fourth-order valence-electron chi connectivity index (χ4n) is 2.62. The Morgan fingerprint density at radius 3 is 2.56 bits per heavy atom. The van der Waals surface area contributed by atoms with Crippen molar-refractivity contribution in [2.24, 2.45) is 5.73 Å². The fraction of sp³-hybridized carbons (Fsp3) is 0.200. The molecule has 25 heavy (non-hydrogen) atoms. The van der Waals surface area contributed by atoms with E-state index in [4.69, 9.17) is 10.5 Å². The summed E-state index contributed by atoms with van der Waals surface area (Å²) in [5, 5.41) is 5.75. The second-order valence-electron chi connectivity index (χ2n) is 5.77. The molecular weight excluding hydrogens is 314 g/mol. The van der Waals surface area contributed by atoms with Gasteiger partial charge in [-0.05, 0) is 48.4 Å². The quantitative estimate of drug-likeness (QED) is 0.703. The molecule has 0 radical (unpaired) electrons. The molecule has 2 aromatic carbocycles. The molecule has 128 valence electrons. The SMILES string of the molecule is COc1ccc(C=Cc2ccc3c(=O)n(CCCN)ncc3c2)cc1. The molecule has 1 heterocycles. The van der Waals surface area contributed by atoms with Gasteiger partial charge in [0.1, 0.15) is 5.75 Å². The molecule has 0 aliphatic rings. The van der Waals surface area contributed by atoms with E-state index in [1.54, 1.807) is 13.3 Å². The molecule has 5 nitrogen and oxygen atoms in total. The van der Waals surface area contributed by atoms with Crippen LogP contribution < -0.4 is 16.0 Å². The van der Waals surface area contributed by atoms with Gasteiger partial charge in [-0.2, -0.15) is 5.10 Å². The largest absolute Gasteiger partial charge is 0.497 e. The molecule has 3 aromatic rings. The smallest absolute Gasteiger partial charge is 0.274 e. The van der Waals surface area contributed by atoms with Crippen molar-refractivity contribution in [3.05, 3.63) is 70.1 Å². The number of hydrogen-bond acceptors (Lipinski definition) is 4. The van der Waals surface area contributed by atoms with Crippen molar-refractivity contribution in [1.82, 2.24) is 9.78 Å². The molecule has 0 aliphatic carbocycles. The van der Waals surface area contributed by atoms with E-state index >= 15 is 0 Å². The molecule has 0 bridgehead atoms. The predicted molar refractivity (Wildman–Crippen MR) is 102 cm³/mol. The maximum atomic E-state index is 12.4. The minimum atomic E-state index is -0.0726. The van der Waals surface area contributed by atoms with Crippen molar-refractivity contribution in [2.75, 3.05) is 13.7 Å². The van der Waals surface area contributed by atoms with Crippen LogP contribution in [0.2, 0.25) is 0 Å². The second kappa shape index (κ2) is 7.77.